The van der Waals surface area contributed by atoms with Gasteiger partial charge >= 0.3 is 0 Å². The summed E-state index contributed by atoms with van der Waals surface area (Å²) in [5, 5.41) is 14.9. The van der Waals surface area contributed by atoms with Gasteiger partial charge in [0, 0.05) is 32.7 Å². The maximum absolute atomic E-state index is 7.44. The molecule has 0 aromatic rings. The van der Waals surface area contributed by atoms with Gasteiger partial charge in [-0.25, -0.2) is 0 Å². The topological polar surface area (TPSA) is 40.5 Å². The number of aliphatic hydroxyl groups excluding tert-OH is 2. The zero-order chi connectivity index (χ0) is 3.41. The first-order valence-corrected chi connectivity index (χ1v) is 0.850. The number of aliphatic hydroxyl groups is 2. The van der Waals surface area contributed by atoms with Crippen LogP contribution in [-0.4, -0.2) is 10.2 Å². The molecule has 0 heterocycles. The van der Waals surface area contributed by atoms with E-state index in [-0.39, 0.29) is 32.7 Å². The smallest absolute Gasteiger partial charge is 0.113 e. The Hall–Kier alpha value is 0.444. The fraction of sp³-hybridized carbons (Fsp3) is 0. The van der Waals surface area contributed by atoms with Gasteiger partial charge in [-0.2, -0.15) is 0 Å². The van der Waals surface area contributed by atoms with Crippen molar-refractivity contribution >= 4 is 0 Å². The van der Waals surface area contributed by atoms with Gasteiger partial charge < -0.3 is 10.2 Å². The molecule has 0 bridgehead atoms. The van der Waals surface area contributed by atoms with Crippen LogP contribution in [0.3, 0.4) is 0 Å². The molecule has 0 aliphatic carbocycles. The van der Waals surface area contributed by atoms with Crippen LogP contribution in [0.25, 0.3) is 0 Å². The van der Waals surface area contributed by atoms with Crippen molar-refractivity contribution < 1.29 is 42.9 Å². The van der Waals surface area contributed by atoms with Crippen LogP contribution < -0.4 is 0 Å². The first-order chi connectivity index (χ1) is 1.91. The Balaban J connectivity index is 0. The normalized spacial score (nSPS) is 7.20. The molecule has 0 aromatic carbocycles. The second kappa shape index (κ2) is 8.82. The van der Waals surface area contributed by atoms with E-state index in [4.69, 9.17) is 10.2 Å². The molecule has 0 rings (SSSR count). The quantitative estimate of drug-likeness (QED) is 0.494. The monoisotopic (exact) mass is 149 g/mol. The third-order valence-electron chi connectivity index (χ3n) is 0.0667. The third-order valence-corrected chi connectivity index (χ3v) is 0.0667. The first-order valence-electron chi connectivity index (χ1n) is 0.850. The Kier molecular flexibility index (Phi) is 16.0. The SMILES string of the molecule is O/C=C\O.[Y]. The molecule has 0 aliphatic rings. The number of hydrogen-bond acceptors (Lipinski definition) is 2. The second-order valence-electron chi connectivity index (χ2n) is 0.298. The molecule has 0 amide bonds. The standard InChI is InChI=1S/C2H4O2.Y/c3-1-2-4;/h1-4H;/b2-1-;. The van der Waals surface area contributed by atoms with Crippen LogP contribution in [0, 0.1) is 0 Å². The van der Waals surface area contributed by atoms with E-state index in [0.29, 0.717) is 12.5 Å². The van der Waals surface area contributed by atoms with Crippen molar-refractivity contribution in [1.29, 1.82) is 0 Å². The molecule has 0 atom stereocenters. The first kappa shape index (κ1) is 9.06. The van der Waals surface area contributed by atoms with E-state index in [1.54, 1.807) is 0 Å². The van der Waals surface area contributed by atoms with Crippen LogP contribution in [0.2, 0.25) is 0 Å². The fourth-order valence-corrected chi connectivity index (χ4v) is 0. The zero-order valence-electron chi connectivity index (χ0n) is 2.63. The van der Waals surface area contributed by atoms with Crippen LogP contribution in [0.4, 0.5) is 0 Å². The zero-order valence-corrected chi connectivity index (χ0v) is 5.46. The minimum atomic E-state index is 0. The Morgan fingerprint density at radius 3 is 1.20 bits per heavy atom. The molecule has 1 radical (unpaired) electrons. The Bertz CT molecular complexity index is 22.8. The van der Waals surface area contributed by atoms with Crippen molar-refractivity contribution in [2.45, 2.75) is 0 Å². The molecule has 0 aromatic heterocycles. The molecular weight excluding hydrogens is 145 g/mol. The molecule has 0 saturated carbocycles. The van der Waals surface area contributed by atoms with Crippen molar-refractivity contribution in [3.8, 4) is 0 Å². The molecule has 2 N–H and O–H groups in total. The Morgan fingerprint density at radius 2 is 1.20 bits per heavy atom. The predicted octanol–water partition coefficient (Wildman–Crippen LogP) is 0.571. The van der Waals surface area contributed by atoms with Crippen LogP contribution in [0.1, 0.15) is 0 Å². The summed E-state index contributed by atoms with van der Waals surface area (Å²) < 4.78 is 0. The van der Waals surface area contributed by atoms with Gasteiger partial charge in [-0.1, -0.05) is 0 Å². The largest absolute Gasteiger partial charge is 0.512 e. The van der Waals surface area contributed by atoms with E-state index in [1.165, 1.54) is 0 Å². The molecule has 0 fully saturated rings. The molecular formula is C2H4O2Y. The van der Waals surface area contributed by atoms with Crippen molar-refractivity contribution in [3.05, 3.63) is 12.5 Å². The van der Waals surface area contributed by atoms with E-state index >= 15 is 0 Å². The molecule has 0 aliphatic heterocycles. The molecule has 0 saturated heterocycles. The molecule has 0 spiro atoms. The minimum Gasteiger partial charge on any atom is -0.512 e. The van der Waals surface area contributed by atoms with Crippen molar-refractivity contribution in [2.24, 2.45) is 0 Å². The predicted molar refractivity (Wildman–Crippen MR) is 14.4 cm³/mol. The average molecular weight is 149 g/mol. The molecule has 2 nitrogen and oxygen atoms in total. The van der Waals surface area contributed by atoms with Crippen LogP contribution in [0.15, 0.2) is 12.5 Å². The summed E-state index contributed by atoms with van der Waals surface area (Å²) in [6.07, 6.45) is 1.11. The number of hydrogen-bond donors (Lipinski definition) is 2. The van der Waals surface area contributed by atoms with Crippen molar-refractivity contribution in [1.82, 2.24) is 0 Å². The number of rotatable bonds is 0. The van der Waals surface area contributed by atoms with Crippen LogP contribution in [0.5, 0.6) is 0 Å². The summed E-state index contributed by atoms with van der Waals surface area (Å²) in [5.41, 5.74) is 0. The Morgan fingerprint density at radius 1 is 1.00 bits per heavy atom. The summed E-state index contributed by atoms with van der Waals surface area (Å²) in [4.78, 5) is 0. The van der Waals surface area contributed by atoms with E-state index in [0.717, 1.165) is 0 Å². The van der Waals surface area contributed by atoms with Gasteiger partial charge in [-0.3, -0.25) is 0 Å². The fourth-order valence-electron chi connectivity index (χ4n) is 0. The van der Waals surface area contributed by atoms with Gasteiger partial charge in [0.25, 0.3) is 0 Å². The summed E-state index contributed by atoms with van der Waals surface area (Å²) >= 11 is 0. The van der Waals surface area contributed by atoms with Gasteiger partial charge in [0.2, 0.25) is 0 Å². The average Bonchev–Trinajstić information content (AvgIpc) is 1.37. The second-order valence-corrected chi connectivity index (χ2v) is 0.298. The van der Waals surface area contributed by atoms with Gasteiger partial charge in [-0.05, 0) is 0 Å². The van der Waals surface area contributed by atoms with Crippen LogP contribution in [-0.2, 0) is 32.7 Å². The Labute approximate surface area is 55.4 Å². The summed E-state index contributed by atoms with van der Waals surface area (Å²) in [6, 6.07) is 0. The van der Waals surface area contributed by atoms with Crippen molar-refractivity contribution in [3.63, 3.8) is 0 Å². The van der Waals surface area contributed by atoms with Gasteiger partial charge in [0.15, 0.2) is 0 Å². The molecule has 0 unspecified atom stereocenters. The molecule has 5 heavy (non-hydrogen) atoms. The van der Waals surface area contributed by atoms with Crippen LogP contribution >= 0.6 is 0 Å². The van der Waals surface area contributed by atoms with Gasteiger partial charge in [0.1, 0.15) is 12.5 Å². The maximum Gasteiger partial charge on any atom is 0.113 e. The van der Waals surface area contributed by atoms with E-state index in [2.05, 4.69) is 0 Å². The van der Waals surface area contributed by atoms with Gasteiger partial charge in [-0.15, -0.1) is 0 Å². The van der Waals surface area contributed by atoms with Gasteiger partial charge in [0.05, 0.1) is 0 Å². The van der Waals surface area contributed by atoms with E-state index in [1.807, 2.05) is 0 Å². The molecule has 27 valence electrons. The third kappa shape index (κ3) is 12.7. The van der Waals surface area contributed by atoms with E-state index in [9.17, 15) is 0 Å². The summed E-state index contributed by atoms with van der Waals surface area (Å²) in [6.45, 7) is 0. The maximum atomic E-state index is 7.44. The van der Waals surface area contributed by atoms with E-state index < -0.39 is 0 Å². The molecule has 3 heteroatoms. The summed E-state index contributed by atoms with van der Waals surface area (Å²) in [7, 11) is 0. The van der Waals surface area contributed by atoms with Crippen molar-refractivity contribution in [2.75, 3.05) is 0 Å². The minimum absolute atomic E-state index is 0. The summed E-state index contributed by atoms with van der Waals surface area (Å²) in [5.74, 6) is 0.